The van der Waals surface area contributed by atoms with Gasteiger partial charge in [-0.2, -0.15) is 4.98 Å². The summed E-state index contributed by atoms with van der Waals surface area (Å²) >= 11 is 3.61. The summed E-state index contributed by atoms with van der Waals surface area (Å²) in [5.41, 5.74) is 3.98. The van der Waals surface area contributed by atoms with E-state index in [2.05, 4.69) is 60.6 Å². The van der Waals surface area contributed by atoms with Gasteiger partial charge in [0.25, 0.3) is 0 Å². The van der Waals surface area contributed by atoms with Crippen LogP contribution in [0, 0.1) is 6.92 Å². The fraction of sp³-hybridized carbons (Fsp3) is 0.211. The fourth-order valence-corrected chi connectivity index (χ4v) is 3.10. The maximum Gasteiger partial charge on any atom is 0.225 e. The normalized spacial score (nSPS) is 13.5. The Bertz CT molecular complexity index is 894. The van der Waals surface area contributed by atoms with Crippen molar-refractivity contribution >= 4 is 33.4 Å². The average Bonchev–Trinajstić information content (AvgIpc) is 3.42. The van der Waals surface area contributed by atoms with Crippen molar-refractivity contribution in [2.24, 2.45) is 0 Å². The summed E-state index contributed by atoms with van der Waals surface area (Å²) in [6, 6.07) is 12.5. The van der Waals surface area contributed by atoms with Gasteiger partial charge in [-0.05, 0) is 65.5 Å². The lowest BCUT2D eigenvalue weighted by atomic mass is 10.2. The number of aromatic nitrogens is 3. The number of nitrogens with one attached hydrogen (secondary N) is 2. The fourth-order valence-electron chi connectivity index (χ4n) is 2.51. The maximum atomic E-state index is 4.65. The quantitative estimate of drug-likeness (QED) is 0.641. The standard InChI is InChI=1S/C19H18BrN5/c1-12-4-7-16(15(20)9-12)23-18-10-17(13-3-2-8-21-11-13)24-19(25-18)22-14-5-6-14/h2-4,7-11,14H,5-6H2,1H3,(H2,22,23,24,25). The SMILES string of the molecule is Cc1ccc(Nc2cc(-c3cccnc3)nc(NC3CC3)n2)c(Br)c1. The van der Waals surface area contributed by atoms with Gasteiger partial charge in [-0.15, -0.1) is 0 Å². The zero-order chi connectivity index (χ0) is 17.2. The number of aryl methyl sites for hydroxylation is 1. The van der Waals surface area contributed by atoms with Crippen molar-refractivity contribution in [2.75, 3.05) is 10.6 Å². The van der Waals surface area contributed by atoms with Crippen molar-refractivity contribution in [1.29, 1.82) is 0 Å². The zero-order valence-electron chi connectivity index (χ0n) is 13.8. The van der Waals surface area contributed by atoms with Crippen molar-refractivity contribution < 1.29 is 0 Å². The van der Waals surface area contributed by atoms with Crippen molar-refractivity contribution in [1.82, 2.24) is 15.0 Å². The second-order valence-corrected chi connectivity index (χ2v) is 7.08. The maximum absolute atomic E-state index is 4.65. The monoisotopic (exact) mass is 395 g/mol. The molecule has 2 aromatic heterocycles. The van der Waals surface area contributed by atoms with Crippen LogP contribution in [0.15, 0.2) is 53.3 Å². The summed E-state index contributed by atoms with van der Waals surface area (Å²) in [4.78, 5) is 13.5. The molecule has 1 fully saturated rings. The molecule has 2 N–H and O–H groups in total. The highest BCUT2D eigenvalue weighted by Gasteiger charge is 2.22. The van der Waals surface area contributed by atoms with Crippen LogP contribution in [0.2, 0.25) is 0 Å². The van der Waals surface area contributed by atoms with Crippen molar-refractivity contribution in [3.8, 4) is 11.3 Å². The van der Waals surface area contributed by atoms with Gasteiger partial charge in [0.2, 0.25) is 5.95 Å². The van der Waals surface area contributed by atoms with Gasteiger partial charge >= 0.3 is 0 Å². The number of halogens is 1. The third-order valence-electron chi connectivity index (χ3n) is 3.98. The molecule has 5 nitrogen and oxygen atoms in total. The second-order valence-electron chi connectivity index (χ2n) is 6.23. The number of nitrogens with zero attached hydrogens (tertiary/aromatic N) is 3. The summed E-state index contributed by atoms with van der Waals surface area (Å²) in [6.07, 6.45) is 5.92. The molecule has 4 rings (SSSR count). The smallest absolute Gasteiger partial charge is 0.225 e. The number of pyridine rings is 1. The highest BCUT2D eigenvalue weighted by molar-refractivity contribution is 9.10. The lowest BCUT2D eigenvalue weighted by Crippen LogP contribution is -2.08. The van der Waals surface area contributed by atoms with Crippen LogP contribution in [-0.4, -0.2) is 21.0 Å². The molecule has 1 aromatic carbocycles. The molecular formula is C19H18BrN5. The minimum atomic E-state index is 0.489. The third kappa shape index (κ3) is 3.96. The summed E-state index contributed by atoms with van der Waals surface area (Å²) in [6.45, 7) is 2.07. The van der Waals surface area contributed by atoms with Crippen LogP contribution in [0.4, 0.5) is 17.5 Å². The number of benzene rings is 1. The van der Waals surface area contributed by atoms with Crippen LogP contribution in [0.1, 0.15) is 18.4 Å². The molecular weight excluding hydrogens is 378 g/mol. The van der Waals surface area contributed by atoms with Crippen LogP contribution in [0.5, 0.6) is 0 Å². The Labute approximate surface area is 155 Å². The van der Waals surface area contributed by atoms with Crippen molar-refractivity contribution in [3.05, 3.63) is 58.8 Å². The van der Waals surface area contributed by atoms with E-state index in [4.69, 9.17) is 0 Å². The highest BCUT2D eigenvalue weighted by Crippen LogP contribution is 2.29. The molecule has 25 heavy (non-hydrogen) atoms. The second kappa shape index (κ2) is 6.80. The van der Waals surface area contributed by atoms with Gasteiger partial charge in [-0.25, -0.2) is 4.98 Å². The Morgan fingerprint density at radius 2 is 2.00 bits per heavy atom. The Kier molecular flexibility index (Phi) is 4.36. The Morgan fingerprint density at radius 3 is 2.72 bits per heavy atom. The van der Waals surface area contributed by atoms with Crippen LogP contribution in [-0.2, 0) is 0 Å². The van der Waals surface area contributed by atoms with Crippen LogP contribution in [0.3, 0.4) is 0 Å². The van der Waals surface area contributed by atoms with E-state index in [1.807, 2.05) is 30.5 Å². The molecule has 0 radical (unpaired) electrons. The first-order valence-corrected chi connectivity index (χ1v) is 9.06. The van der Waals surface area contributed by atoms with Gasteiger partial charge in [0.05, 0.1) is 11.4 Å². The molecule has 3 aromatic rings. The Balaban J connectivity index is 1.70. The third-order valence-corrected chi connectivity index (χ3v) is 4.64. The summed E-state index contributed by atoms with van der Waals surface area (Å²) in [5.74, 6) is 1.40. The molecule has 1 saturated carbocycles. The largest absolute Gasteiger partial charge is 0.351 e. The molecule has 0 saturated heterocycles. The Morgan fingerprint density at radius 1 is 1.12 bits per heavy atom. The van der Waals surface area contributed by atoms with E-state index < -0.39 is 0 Å². The number of hydrogen-bond donors (Lipinski definition) is 2. The molecule has 0 bridgehead atoms. The van der Waals surface area contributed by atoms with Gasteiger partial charge in [-0.1, -0.05) is 6.07 Å². The van der Waals surface area contributed by atoms with E-state index in [0.717, 1.165) is 27.2 Å². The van der Waals surface area contributed by atoms with E-state index in [1.54, 1.807) is 6.20 Å². The lowest BCUT2D eigenvalue weighted by molar-refractivity contribution is 1.06. The lowest BCUT2D eigenvalue weighted by Gasteiger charge is -2.12. The first-order valence-electron chi connectivity index (χ1n) is 8.26. The molecule has 0 atom stereocenters. The summed E-state index contributed by atoms with van der Waals surface area (Å²) in [5, 5.41) is 6.77. The molecule has 0 amide bonds. The van der Waals surface area contributed by atoms with Gasteiger partial charge < -0.3 is 10.6 Å². The molecule has 0 aliphatic heterocycles. The first-order chi connectivity index (χ1) is 12.2. The van der Waals surface area contributed by atoms with Crippen LogP contribution < -0.4 is 10.6 Å². The Hall–Kier alpha value is -2.47. The van der Waals surface area contributed by atoms with E-state index in [9.17, 15) is 0 Å². The van der Waals surface area contributed by atoms with Gasteiger partial charge in [-0.3, -0.25) is 4.98 Å². The molecule has 6 heteroatoms. The highest BCUT2D eigenvalue weighted by atomic mass is 79.9. The van der Waals surface area contributed by atoms with E-state index in [1.165, 1.54) is 18.4 Å². The zero-order valence-corrected chi connectivity index (χ0v) is 15.4. The number of anilines is 3. The molecule has 1 aliphatic rings. The van der Waals surface area contributed by atoms with E-state index >= 15 is 0 Å². The summed E-state index contributed by atoms with van der Waals surface area (Å²) in [7, 11) is 0. The van der Waals surface area contributed by atoms with Gasteiger partial charge in [0.1, 0.15) is 5.82 Å². The van der Waals surface area contributed by atoms with Gasteiger partial charge in [0.15, 0.2) is 0 Å². The van der Waals surface area contributed by atoms with E-state index in [-0.39, 0.29) is 0 Å². The molecule has 2 heterocycles. The minimum Gasteiger partial charge on any atom is -0.351 e. The van der Waals surface area contributed by atoms with E-state index in [0.29, 0.717) is 12.0 Å². The first kappa shape index (κ1) is 16.0. The number of rotatable bonds is 5. The summed E-state index contributed by atoms with van der Waals surface area (Å²) < 4.78 is 1.01. The van der Waals surface area contributed by atoms with Crippen LogP contribution >= 0.6 is 15.9 Å². The molecule has 126 valence electrons. The molecule has 0 unspecified atom stereocenters. The average molecular weight is 396 g/mol. The number of hydrogen-bond acceptors (Lipinski definition) is 5. The topological polar surface area (TPSA) is 62.7 Å². The van der Waals surface area contributed by atoms with Gasteiger partial charge in [0, 0.05) is 34.5 Å². The molecule has 0 spiro atoms. The van der Waals surface area contributed by atoms with Crippen molar-refractivity contribution in [2.45, 2.75) is 25.8 Å². The van der Waals surface area contributed by atoms with Crippen LogP contribution in [0.25, 0.3) is 11.3 Å². The predicted octanol–water partition coefficient (Wildman–Crippen LogP) is 4.93. The predicted molar refractivity (Wildman–Crippen MR) is 104 cm³/mol. The van der Waals surface area contributed by atoms with Crippen molar-refractivity contribution in [3.63, 3.8) is 0 Å². The minimum absolute atomic E-state index is 0.489. The molecule has 1 aliphatic carbocycles.